The molecule has 0 unspecified atom stereocenters. The largest absolute Gasteiger partial charge is 0.443 e. The van der Waals surface area contributed by atoms with Crippen LogP contribution in [0.4, 0.5) is 21.1 Å². The number of carbonyl (C=O) groups excluding carboxylic acids is 2. The van der Waals surface area contributed by atoms with Crippen molar-refractivity contribution in [1.82, 2.24) is 14.6 Å². The van der Waals surface area contributed by atoms with Gasteiger partial charge in [0, 0.05) is 18.8 Å². The van der Waals surface area contributed by atoms with Crippen LogP contribution >= 0.6 is 0 Å². The van der Waals surface area contributed by atoms with Gasteiger partial charge in [-0.05, 0) is 50.1 Å². The molecule has 2 aromatic rings. The number of carbonyl (C=O) groups is 2. The number of amides is 3. The fourth-order valence-corrected chi connectivity index (χ4v) is 3.63. The lowest BCUT2D eigenvalue weighted by molar-refractivity contribution is 0.0570. The molecule has 11 heteroatoms. The van der Waals surface area contributed by atoms with E-state index in [-0.39, 0.29) is 11.7 Å². The van der Waals surface area contributed by atoms with Gasteiger partial charge in [0.2, 0.25) is 0 Å². The molecule has 1 aliphatic rings. The molecule has 3 N–H and O–H groups in total. The van der Waals surface area contributed by atoms with E-state index in [1.165, 1.54) is 4.90 Å². The second kappa shape index (κ2) is 7.82. The van der Waals surface area contributed by atoms with E-state index in [0.29, 0.717) is 12.4 Å². The third-order valence-electron chi connectivity index (χ3n) is 4.07. The third kappa shape index (κ3) is 5.17. The number of fused-ring (bicyclic) bond motifs is 1. The maximum Gasteiger partial charge on any atom is 0.422 e. The minimum atomic E-state index is -4.19. The van der Waals surface area contributed by atoms with Gasteiger partial charge < -0.3 is 9.64 Å². The first-order valence-electron chi connectivity index (χ1n) is 9.07. The van der Waals surface area contributed by atoms with Crippen molar-refractivity contribution in [3.8, 4) is 11.1 Å². The van der Waals surface area contributed by atoms with E-state index in [2.05, 4.69) is 15.0 Å². The molecule has 0 atom stereocenters. The zero-order valence-corrected chi connectivity index (χ0v) is 17.8. The number of nitrogens with one attached hydrogen (secondary N) is 3. The lowest BCUT2D eigenvalue weighted by Crippen LogP contribution is -2.39. The van der Waals surface area contributed by atoms with Crippen LogP contribution in [0.1, 0.15) is 26.3 Å². The molecule has 0 spiro atoms. The number of rotatable bonds is 4. The van der Waals surface area contributed by atoms with Crippen molar-refractivity contribution in [3.63, 3.8) is 0 Å². The standard InChI is InChI=1S/C19H23N5O5S/c1-19(2,3)29-18(26)23-30(27,28)22-13-7-5-6-12(10-13)14-8-9-20-16-15(14)11-24(4)17(25)21-16/h5-10,22H,11H2,1-4H3,(H,23,26)(H,20,21,25). The Kier molecular flexibility index (Phi) is 5.57. The molecule has 10 nitrogen and oxygen atoms in total. The molecule has 30 heavy (non-hydrogen) atoms. The Morgan fingerprint density at radius 3 is 2.70 bits per heavy atom. The number of nitrogens with zero attached hydrogens (tertiary/aromatic N) is 2. The molecule has 160 valence electrons. The van der Waals surface area contributed by atoms with Gasteiger partial charge in [0.1, 0.15) is 11.4 Å². The average Bonchev–Trinajstić information content (AvgIpc) is 2.59. The van der Waals surface area contributed by atoms with Crippen molar-refractivity contribution >= 4 is 33.8 Å². The van der Waals surface area contributed by atoms with Gasteiger partial charge in [-0.3, -0.25) is 10.0 Å². The van der Waals surface area contributed by atoms with Gasteiger partial charge in [-0.15, -0.1) is 0 Å². The highest BCUT2D eigenvalue weighted by Crippen LogP contribution is 2.32. The van der Waals surface area contributed by atoms with Gasteiger partial charge in [-0.2, -0.15) is 8.42 Å². The monoisotopic (exact) mass is 433 g/mol. The van der Waals surface area contributed by atoms with Crippen molar-refractivity contribution in [2.75, 3.05) is 17.1 Å². The van der Waals surface area contributed by atoms with Crippen LogP contribution in [0.25, 0.3) is 11.1 Å². The molecule has 0 fully saturated rings. The Hall–Kier alpha value is -3.34. The summed E-state index contributed by atoms with van der Waals surface area (Å²) >= 11 is 0. The number of hydrogen-bond acceptors (Lipinski definition) is 6. The van der Waals surface area contributed by atoms with E-state index in [1.807, 2.05) is 10.8 Å². The molecule has 3 amide bonds. The Labute approximate surface area is 174 Å². The second-order valence-electron chi connectivity index (χ2n) is 7.76. The molecule has 1 aromatic heterocycles. The molecular weight excluding hydrogens is 410 g/mol. The first kappa shape index (κ1) is 21.4. The van der Waals surface area contributed by atoms with Gasteiger partial charge in [-0.25, -0.2) is 19.3 Å². The second-order valence-corrected chi connectivity index (χ2v) is 9.18. The van der Waals surface area contributed by atoms with E-state index in [4.69, 9.17) is 4.74 Å². The van der Waals surface area contributed by atoms with E-state index in [9.17, 15) is 18.0 Å². The fraction of sp³-hybridized carbons (Fsp3) is 0.316. The van der Waals surface area contributed by atoms with Crippen molar-refractivity contribution in [2.24, 2.45) is 0 Å². The molecule has 0 bridgehead atoms. The Morgan fingerprint density at radius 1 is 1.27 bits per heavy atom. The van der Waals surface area contributed by atoms with Gasteiger partial charge in [-0.1, -0.05) is 12.1 Å². The van der Waals surface area contributed by atoms with Crippen LogP contribution in [-0.4, -0.2) is 43.1 Å². The van der Waals surface area contributed by atoms with Gasteiger partial charge in [0.25, 0.3) is 0 Å². The van der Waals surface area contributed by atoms with E-state index in [0.717, 1.165) is 16.7 Å². The summed E-state index contributed by atoms with van der Waals surface area (Å²) in [6.07, 6.45) is 0.494. The molecule has 0 saturated carbocycles. The van der Waals surface area contributed by atoms with Crippen molar-refractivity contribution in [3.05, 3.63) is 42.1 Å². The van der Waals surface area contributed by atoms with Crippen molar-refractivity contribution < 1.29 is 22.7 Å². The molecule has 1 aliphatic heterocycles. The molecule has 0 radical (unpaired) electrons. The Balaban J connectivity index is 1.84. The maximum atomic E-state index is 12.3. The zero-order chi connectivity index (χ0) is 22.1. The Bertz CT molecular complexity index is 1090. The first-order valence-corrected chi connectivity index (χ1v) is 10.6. The number of hydrogen-bond donors (Lipinski definition) is 3. The van der Waals surface area contributed by atoms with Gasteiger partial charge in [0.05, 0.1) is 12.2 Å². The molecule has 0 aliphatic carbocycles. The average molecular weight is 433 g/mol. The topological polar surface area (TPSA) is 130 Å². The summed E-state index contributed by atoms with van der Waals surface area (Å²) in [6.45, 7) is 5.25. The van der Waals surface area contributed by atoms with Crippen LogP contribution in [0, 0.1) is 0 Å². The number of aromatic nitrogens is 1. The summed E-state index contributed by atoms with van der Waals surface area (Å²) in [4.78, 5) is 29.3. The smallest absolute Gasteiger partial charge is 0.422 e. The molecular formula is C19H23N5O5S. The van der Waals surface area contributed by atoms with Gasteiger partial charge in [0.15, 0.2) is 0 Å². The number of urea groups is 1. The van der Waals surface area contributed by atoms with Crippen LogP contribution in [0.15, 0.2) is 36.5 Å². The van der Waals surface area contributed by atoms with Crippen LogP contribution in [0.2, 0.25) is 0 Å². The highest BCUT2D eigenvalue weighted by molar-refractivity contribution is 7.91. The third-order valence-corrected chi connectivity index (χ3v) is 5.01. The quantitative estimate of drug-likeness (QED) is 0.680. The number of anilines is 2. The lowest BCUT2D eigenvalue weighted by atomic mass is 9.99. The predicted octanol–water partition coefficient (Wildman–Crippen LogP) is 2.91. The van der Waals surface area contributed by atoms with Crippen LogP contribution in [0.3, 0.4) is 0 Å². The number of ether oxygens (including phenoxy) is 1. The summed E-state index contributed by atoms with van der Waals surface area (Å²) < 4.78 is 33.6. The highest BCUT2D eigenvalue weighted by Gasteiger charge is 2.24. The van der Waals surface area contributed by atoms with Crippen molar-refractivity contribution in [2.45, 2.75) is 32.9 Å². The van der Waals surface area contributed by atoms with Crippen LogP contribution in [-0.2, 0) is 21.5 Å². The Morgan fingerprint density at radius 2 is 2.00 bits per heavy atom. The normalized spacial score (nSPS) is 13.9. The number of benzene rings is 1. The van der Waals surface area contributed by atoms with E-state index >= 15 is 0 Å². The molecule has 2 heterocycles. The van der Waals surface area contributed by atoms with Crippen LogP contribution < -0.4 is 14.8 Å². The summed E-state index contributed by atoms with van der Waals surface area (Å²) in [6, 6.07) is 8.21. The minimum Gasteiger partial charge on any atom is -0.443 e. The SMILES string of the molecule is CN1Cc2c(-c3cccc(NS(=O)(=O)NC(=O)OC(C)(C)C)c3)ccnc2NC1=O. The van der Waals surface area contributed by atoms with Crippen LogP contribution in [0.5, 0.6) is 0 Å². The summed E-state index contributed by atoms with van der Waals surface area (Å²) in [7, 11) is -2.52. The van der Waals surface area contributed by atoms with E-state index < -0.39 is 21.9 Å². The fourth-order valence-electron chi connectivity index (χ4n) is 2.88. The van der Waals surface area contributed by atoms with E-state index in [1.54, 1.807) is 58.3 Å². The zero-order valence-electron chi connectivity index (χ0n) is 17.0. The summed E-state index contributed by atoms with van der Waals surface area (Å²) in [5, 5.41) is 2.72. The molecule has 3 rings (SSSR count). The first-order chi connectivity index (χ1) is 13.9. The summed E-state index contributed by atoms with van der Waals surface area (Å²) in [5.41, 5.74) is 1.75. The highest BCUT2D eigenvalue weighted by atomic mass is 32.2. The number of pyridine rings is 1. The van der Waals surface area contributed by atoms with Crippen molar-refractivity contribution in [1.29, 1.82) is 0 Å². The molecule has 0 saturated heterocycles. The predicted molar refractivity (Wildman–Crippen MR) is 112 cm³/mol. The minimum absolute atomic E-state index is 0.248. The maximum absolute atomic E-state index is 12.3. The van der Waals surface area contributed by atoms with Gasteiger partial charge >= 0.3 is 22.3 Å². The molecule has 1 aromatic carbocycles. The lowest BCUT2D eigenvalue weighted by Gasteiger charge is -2.27. The summed E-state index contributed by atoms with van der Waals surface area (Å²) in [5.74, 6) is 0.466.